The zero-order valence-corrected chi connectivity index (χ0v) is 19.4. The van der Waals surface area contributed by atoms with E-state index in [4.69, 9.17) is 11.6 Å². The van der Waals surface area contributed by atoms with Crippen molar-refractivity contribution in [1.29, 1.82) is 0 Å². The molecule has 0 heterocycles. The van der Waals surface area contributed by atoms with Crippen LogP contribution in [0.5, 0.6) is 0 Å². The van der Waals surface area contributed by atoms with Crippen molar-refractivity contribution in [2.75, 3.05) is 12.3 Å². The van der Waals surface area contributed by atoms with Crippen LogP contribution in [0.4, 0.5) is 8.78 Å². The molecule has 31 heavy (non-hydrogen) atoms. The molecule has 0 aliphatic rings. The van der Waals surface area contributed by atoms with E-state index in [1.54, 1.807) is 31.2 Å². The Balaban J connectivity index is 2.11. The number of carbonyl (C=O) groups excluding carboxylic acids is 2. The van der Waals surface area contributed by atoms with Gasteiger partial charge < -0.3 is 10.2 Å². The quantitative estimate of drug-likeness (QED) is 0.531. The minimum Gasteiger partial charge on any atom is -0.354 e. The molecular formula is C23H27ClF2N2O2S. The summed E-state index contributed by atoms with van der Waals surface area (Å²) in [6, 6.07) is 9.78. The van der Waals surface area contributed by atoms with E-state index in [-0.39, 0.29) is 35.8 Å². The molecule has 0 saturated carbocycles. The summed E-state index contributed by atoms with van der Waals surface area (Å²) < 4.78 is 28.2. The molecule has 168 valence electrons. The van der Waals surface area contributed by atoms with E-state index in [9.17, 15) is 18.4 Å². The first-order chi connectivity index (χ1) is 14.7. The van der Waals surface area contributed by atoms with Crippen LogP contribution >= 0.6 is 23.4 Å². The molecule has 2 amide bonds. The van der Waals surface area contributed by atoms with E-state index < -0.39 is 17.7 Å². The molecule has 0 spiro atoms. The van der Waals surface area contributed by atoms with Crippen LogP contribution in [0, 0.1) is 17.6 Å². The Morgan fingerprint density at radius 3 is 2.39 bits per heavy atom. The maximum atomic E-state index is 14.2. The molecule has 0 fully saturated rings. The first-order valence-electron chi connectivity index (χ1n) is 10.0. The number of hydrogen-bond acceptors (Lipinski definition) is 3. The Hall–Kier alpha value is -2.12. The summed E-state index contributed by atoms with van der Waals surface area (Å²) in [6.07, 6.45) is 0. The number of nitrogens with one attached hydrogen (secondary N) is 1. The van der Waals surface area contributed by atoms with Gasteiger partial charge in [-0.25, -0.2) is 8.78 Å². The van der Waals surface area contributed by atoms with Crippen molar-refractivity contribution in [3.8, 4) is 0 Å². The van der Waals surface area contributed by atoms with Crippen LogP contribution < -0.4 is 5.32 Å². The number of nitrogens with zero attached hydrogens (tertiary/aromatic N) is 1. The minimum atomic E-state index is -0.788. The number of carbonyl (C=O) groups is 2. The molecule has 0 radical (unpaired) electrons. The SMILES string of the molecule is CC(C)CNC(=O)[C@@H](C)N(Cc1ccccc1F)C(=O)CSCc1c(F)cccc1Cl. The molecule has 0 bridgehead atoms. The van der Waals surface area contributed by atoms with Crippen molar-refractivity contribution in [2.45, 2.75) is 39.1 Å². The van der Waals surface area contributed by atoms with E-state index in [0.717, 1.165) is 0 Å². The Kier molecular flexibility index (Phi) is 9.78. The number of amides is 2. The third-order valence-corrected chi connectivity index (χ3v) is 5.98. The fourth-order valence-corrected chi connectivity index (χ4v) is 4.09. The van der Waals surface area contributed by atoms with Gasteiger partial charge in [-0.3, -0.25) is 9.59 Å². The average molecular weight is 469 g/mol. The highest BCUT2D eigenvalue weighted by atomic mass is 35.5. The van der Waals surface area contributed by atoms with Gasteiger partial charge in [0.15, 0.2) is 0 Å². The largest absolute Gasteiger partial charge is 0.354 e. The van der Waals surface area contributed by atoms with E-state index in [2.05, 4.69) is 5.32 Å². The molecule has 0 saturated heterocycles. The van der Waals surface area contributed by atoms with Gasteiger partial charge in [0, 0.05) is 35.0 Å². The Labute approximate surface area is 191 Å². The van der Waals surface area contributed by atoms with Crippen LogP contribution in [0.3, 0.4) is 0 Å². The van der Waals surface area contributed by atoms with Gasteiger partial charge in [0.1, 0.15) is 17.7 Å². The van der Waals surface area contributed by atoms with Crippen LogP contribution in [0.1, 0.15) is 31.9 Å². The zero-order valence-electron chi connectivity index (χ0n) is 17.8. The van der Waals surface area contributed by atoms with Crippen molar-refractivity contribution in [1.82, 2.24) is 10.2 Å². The van der Waals surface area contributed by atoms with Gasteiger partial charge in [-0.2, -0.15) is 0 Å². The van der Waals surface area contributed by atoms with Gasteiger partial charge in [-0.15, -0.1) is 11.8 Å². The zero-order chi connectivity index (χ0) is 23.0. The van der Waals surface area contributed by atoms with Crippen LogP contribution in [0.2, 0.25) is 5.02 Å². The fourth-order valence-electron chi connectivity index (χ4n) is 2.84. The lowest BCUT2D eigenvalue weighted by Gasteiger charge is -2.29. The molecule has 1 N–H and O–H groups in total. The smallest absolute Gasteiger partial charge is 0.242 e. The second-order valence-corrected chi connectivity index (χ2v) is 9.01. The minimum absolute atomic E-state index is 0.000909. The summed E-state index contributed by atoms with van der Waals surface area (Å²) in [4.78, 5) is 26.9. The average Bonchev–Trinajstić information content (AvgIpc) is 2.72. The summed E-state index contributed by atoms with van der Waals surface area (Å²) in [5.74, 6) is -1.06. The van der Waals surface area contributed by atoms with Crippen molar-refractivity contribution in [2.24, 2.45) is 5.92 Å². The van der Waals surface area contributed by atoms with Crippen LogP contribution in [0.15, 0.2) is 42.5 Å². The molecule has 4 nitrogen and oxygen atoms in total. The van der Waals surface area contributed by atoms with Gasteiger partial charge in [0.2, 0.25) is 11.8 Å². The molecule has 2 aromatic rings. The van der Waals surface area contributed by atoms with Crippen molar-refractivity contribution < 1.29 is 18.4 Å². The Morgan fingerprint density at radius 2 is 1.74 bits per heavy atom. The summed E-state index contributed by atoms with van der Waals surface area (Å²) in [5, 5.41) is 3.11. The Bertz CT molecular complexity index is 891. The second-order valence-electron chi connectivity index (χ2n) is 7.62. The van der Waals surface area contributed by atoms with E-state index in [1.807, 2.05) is 13.8 Å². The monoisotopic (exact) mass is 468 g/mol. The molecule has 2 rings (SSSR count). The highest BCUT2D eigenvalue weighted by molar-refractivity contribution is 7.99. The van der Waals surface area contributed by atoms with Gasteiger partial charge >= 0.3 is 0 Å². The number of hydrogen-bond donors (Lipinski definition) is 1. The number of rotatable bonds is 10. The fraction of sp³-hybridized carbons (Fsp3) is 0.391. The predicted octanol–water partition coefficient (Wildman–Crippen LogP) is 5.04. The van der Waals surface area contributed by atoms with Gasteiger partial charge in [-0.05, 0) is 31.0 Å². The van der Waals surface area contributed by atoms with Crippen molar-refractivity contribution >= 4 is 35.2 Å². The Morgan fingerprint density at radius 1 is 1.06 bits per heavy atom. The van der Waals surface area contributed by atoms with Crippen molar-refractivity contribution in [3.63, 3.8) is 0 Å². The summed E-state index contributed by atoms with van der Waals surface area (Å²) in [5.41, 5.74) is 0.645. The first-order valence-corrected chi connectivity index (χ1v) is 11.5. The van der Waals surface area contributed by atoms with Crippen LogP contribution in [-0.2, 0) is 21.9 Å². The van der Waals surface area contributed by atoms with Crippen molar-refractivity contribution in [3.05, 3.63) is 70.2 Å². The lowest BCUT2D eigenvalue weighted by atomic mass is 10.1. The third kappa shape index (κ3) is 7.51. The summed E-state index contributed by atoms with van der Waals surface area (Å²) in [7, 11) is 0. The molecule has 0 aliphatic heterocycles. The van der Waals surface area contributed by atoms with Gasteiger partial charge in [0.25, 0.3) is 0 Å². The molecule has 1 atom stereocenters. The first kappa shape index (κ1) is 25.1. The number of benzene rings is 2. The topological polar surface area (TPSA) is 49.4 Å². The van der Waals surface area contributed by atoms with Crippen LogP contribution in [0.25, 0.3) is 0 Å². The maximum Gasteiger partial charge on any atom is 0.242 e. The highest BCUT2D eigenvalue weighted by Crippen LogP contribution is 2.24. The lowest BCUT2D eigenvalue weighted by molar-refractivity contribution is -0.138. The van der Waals surface area contributed by atoms with Gasteiger partial charge in [-0.1, -0.05) is 49.7 Å². The number of halogens is 3. The molecule has 2 aromatic carbocycles. The van der Waals surface area contributed by atoms with E-state index >= 15 is 0 Å². The summed E-state index contributed by atoms with van der Waals surface area (Å²) >= 11 is 7.23. The van der Waals surface area contributed by atoms with Crippen LogP contribution in [-0.4, -0.2) is 35.1 Å². The van der Waals surface area contributed by atoms with E-state index in [0.29, 0.717) is 22.7 Å². The van der Waals surface area contributed by atoms with Gasteiger partial charge in [0.05, 0.1) is 5.75 Å². The maximum absolute atomic E-state index is 14.2. The third-order valence-electron chi connectivity index (χ3n) is 4.68. The standard InChI is InChI=1S/C23H27ClF2N2O2S/c1-15(2)11-27-23(30)16(3)28(12-17-7-4-5-9-20(17)25)22(29)14-31-13-18-19(24)8-6-10-21(18)26/h4-10,15-16H,11-14H2,1-3H3,(H,27,30)/t16-/m1/s1. The molecular weight excluding hydrogens is 442 g/mol. The lowest BCUT2D eigenvalue weighted by Crippen LogP contribution is -2.48. The second kappa shape index (κ2) is 12.1. The molecule has 0 unspecified atom stereocenters. The molecule has 0 aromatic heterocycles. The van der Waals surface area contributed by atoms with E-state index in [1.165, 1.54) is 34.9 Å². The molecule has 0 aliphatic carbocycles. The highest BCUT2D eigenvalue weighted by Gasteiger charge is 2.27. The molecule has 8 heteroatoms. The summed E-state index contributed by atoms with van der Waals surface area (Å²) in [6.45, 7) is 6.00. The normalized spacial score (nSPS) is 12.0. The number of thioether (sulfide) groups is 1. The predicted molar refractivity (Wildman–Crippen MR) is 122 cm³/mol.